The highest BCUT2D eigenvalue weighted by Crippen LogP contribution is 2.25. The van der Waals surface area contributed by atoms with Gasteiger partial charge in [-0.2, -0.15) is 5.10 Å². The molecule has 1 N–H and O–H groups in total. The number of benzene rings is 2. The SMILES string of the molecule is O=C(Cc1n[nH]c(=O)c2ccccc12)OC(c1ccccc1)c1ccccn1. The van der Waals surface area contributed by atoms with Crippen LogP contribution in [0.15, 0.2) is 83.8 Å². The minimum atomic E-state index is -0.621. The van der Waals surface area contributed by atoms with E-state index in [-0.39, 0.29) is 12.0 Å². The second-order valence-corrected chi connectivity index (χ2v) is 6.26. The van der Waals surface area contributed by atoms with Crippen LogP contribution in [0, 0.1) is 0 Å². The first-order valence-corrected chi connectivity index (χ1v) is 8.84. The van der Waals surface area contributed by atoms with Crippen molar-refractivity contribution < 1.29 is 9.53 Å². The maximum atomic E-state index is 12.7. The molecule has 0 aliphatic carbocycles. The summed E-state index contributed by atoms with van der Waals surface area (Å²) in [4.78, 5) is 29.0. The number of nitrogens with one attached hydrogen (secondary N) is 1. The third kappa shape index (κ3) is 3.66. The fourth-order valence-electron chi connectivity index (χ4n) is 3.07. The van der Waals surface area contributed by atoms with Gasteiger partial charge in [0.1, 0.15) is 0 Å². The summed E-state index contributed by atoms with van der Waals surface area (Å²) in [5.41, 5.74) is 1.64. The van der Waals surface area contributed by atoms with E-state index < -0.39 is 12.1 Å². The van der Waals surface area contributed by atoms with E-state index in [1.54, 1.807) is 30.5 Å². The molecule has 4 aromatic rings. The van der Waals surface area contributed by atoms with Gasteiger partial charge in [0.2, 0.25) is 0 Å². The Hall–Kier alpha value is -3.80. The maximum Gasteiger partial charge on any atom is 0.312 e. The molecule has 0 fully saturated rings. The molecule has 4 rings (SSSR count). The Morgan fingerprint density at radius 3 is 2.39 bits per heavy atom. The Kier molecular flexibility index (Phi) is 4.93. The van der Waals surface area contributed by atoms with Gasteiger partial charge in [-0.1, -0.05) is 54.6 Å². The molecule has 0 bridgehead atoms. The Morgan fingerprint density at radius 2 is 1.64 bits per heavy atom. The van der Waals surface area contributed by atoms with E-state index >= 15 is 0 Å². The number of carbonyl (C=O) groups is 1. The summed E-state index contributed by atoms with van der Waals surface area (Å²) in [6, 6.07) is 22.0. The molecule has 2 aromatic heterocycles. The van der Waals surface area contributed by atoms with E-state index in [0.717, 1.165) is 5.56 Å². The highest BCUT2D eigenvalue weighted by Gasteiger charge is 2.21. The van der Waals surface area contributed by atoms with Crippen LogP contribution in [-0.2, 0) is 16.0 Å². The Bertz CT molecular complexity index is 1120. The first kappa shape index (κ1) is 17.6. The van der Waals surface area contributed by atoms with E-state index in [0.29, 0.717) is 22.2 Å². The number of carbonyl (C=O) groups excluding carboxylic acids is 1. The Labute approximate surface area is 160 Å². The van der Waals surface area contributed by atoms with Crippen LogP contribution in [0.4, 0.5) is 0 Å². The number of fused-ring (bicyclic) bond motifs is 1. The summed E-state index contributed by atoms with van der Waals surface area (Å²) in [7, 11) is 0. The normalized spacial score (nSPS) is 11.9. The largest absolute Gasteiger partial charge is 0.451 e. The number of hydrogen-bond donors (Lipinski definition) is 1. The molecule has 0 radical (unpaired) electrons. The predicted octanol–water partition coefficient (Wildman–Crippen LogP) is 3.19. The van der Waals surface area contributed by atoms with Crippen molar-refractivity contribution in [1.82, 2.24) is 15.2 Å². The van der Waals surface area contributed by atoms with Gasteiger partial charge < -0.3 is 4.74 Å². The van der Waals surface area contributed by atoms with Crippen molar-refractivity contribution in [3.8, 4) is 0 Å². The van der Waals surface area contributed by atoms with Crippen LogP contribution in [0.5, 0.6) is 0 Å². The summed E-state index contributed by atoms with van der Waals surface area (Å²) >= 11 is 0. The predicted molar refractivity (Wildman–Crippen MR) is 105 cm³/mol. The number of H-pyrrole nitrogens is 1. The molecule has 2 aromatic carbocycles. The lowest BCUT2D eigenvalue weighted by molar-refractivity contribution is -0.146. The number of rotatable bonds is 5. The highest BCUT2D eigenvalue weighted by atomic mass is 16.5. The molecule has 28 heavy (non-hydrogen) atoms. The molecular weight excluding hydrogens is 354 g/mol. The number of aromatic amines is 1. The zero-order valence-corrected chi connectivity index (χ0v) is 14.9. The molecule has 0 saturated heterocycles. The van der Waals surface area contributed by atoms with Crippen LogP contribution in [-0.4, -0.2) is 21.2 Å². The van der Waals surface area contributed by atoms with Crippen LogP contribution in [0.25, 0.3) is 10.8 Å². The van der Waals surface area contributed by atoms with Crippen molar-refractivity contribution in [2.24, 2.45) is 0 Å². The highest BCUT2D eigenvalue weighted by molar-refractivity contribution is 5.86. The first-order chi connectivity index (χ1) is 13.7. The number of esters is 1. The summed E-state index contributed by atoms with van der Waals surface area (Å²) in [5.74, 6) is -0.454. The number of ether oxygens (including phenoxy) is 1. The fourth-order valence-corrected chi connectivity index (χ4v) is 3.07. The van der Waals surface area contributed by atoms with Gasteiger partial charge in [0.05, 0.1) is 23.2 Å². The van der Waals surface area contributed by atoms with Crippen molar-refractivity contribution in [3.05, 3.63) is 106 Å². The number of hydrogen-bond acceptors (Lipinski definition) is 5. The second kappa shape index (κ2) is 7.84. The Morgan fingerprint density at radius 1 is 0.929 bits per heavy atom. The molecule has 0 aliphatic heterocycles. The molecule has 138 valence electrons. The zero-order chi connectivity index (χ0) is 19.3. The van der Waals surface area contributed by atoms with Gasteiger partial charge in [0.25, 0.3) is 5.56 Å². The van der Waals surface area contributed by atoms with E-state index in [1.807, 2.05) is 48.5 Å². The van der Waals surface area contributed by atoms with E-state index in [9.17, 15) is 9.59 Å². The van der Waals surface area contributed by atoms with Crippen LogP contribution in [0.3, 0.4) is 0 Å². The molecule has 6 heteroatoms. The quantitative estimate of drug-likeness (QED) is 0.545. The van der Waals surface area contributed by atoms with Gasteiger partial charge in [-0.05, 0) is 23.8 Å². The van der Waals surface area contributed by atoms with Crippen LogP contribution >= 0.6 is 0 Å². The van der Waals surface area contributed by atoms with E-state index in [4.69, 9.17) is 4.74 Å². The van der Waals surface area contributed by atoms with Gasteiger partial charge in [0.15, 0.2) is 6.10 Å². The van der Waals surface area contributed by atoms with E-state index in [1.165, 1.54) is 0 Å². The summed E-state index contributed by atoms with van der Waals surface area (Å²) in [6.07, 6.45) is 0.979. The topological polar surface area (TPSA) is 84.9 Å². The number of aromatic nitrogens is 3. The van der Waals surface area contributed by atoms with Crippen LogP contribution < -0.4 is 5.56 Å². The third-order valence-electron chi connectivity index (χ3n) is 4.39. The zero-order valence-electron chi connectivity index (χ0n) is 14.9. The monoisotopic (exact) mass is 371 g/mol. The van der Waals surface area contributed by atoms with Crippen molar-refractivity contribution >= 4 is 16.7 Å². The summed E-state index contributed by atoms with van der Waals surface area (Å²) in [5, 5.41) is 7.61. The number of pyridine rings is 1. The smallest absolute Gasteiger partial charge is 0.312 e. The van der Waals surface area contributed by atoms with Crippen molar-refractivity contribution in [2.45, 2.75) is 12.5 Å². The van der Waals surface area contributed by atoms with Crippen molar-refractivity contribution in [3.63, 3.8) is 0 Å². The Balaban J connectivity index is 1.63. The molecule has 0 spiro atoms. The van der Waals surface area contributed by atoms with Crippen molar-refractivity contribution in [2.75, 3.05) is 0 Å². The molecule has 0 aliphatic rings. The first-order valence-electron chi connectivity index (χ1n) is 8.84. The van der Waals surface area contributed by atoms with Gasteiger partial charge in [-0.25, -0.2) is 5.10 Å². The average molecular weight is 371 g/mol. The lowest BCUT2D eigenvalue weighted by Gasteiger charge is -2.18. The summed E-state index contributed by atoms with van der Waals surface area (Å²) in [6.45, 7) is 0. The maximum absolute atomic E-state index is 12.7. The third-order valence-corrected chi connectivity index (χ3v) is 4.39. The number of nitrogens with zero attached hydrogens (tertiary/aromatic N) is 2. The lowest BCUT2D eigenvalue weighted by Crippen LogP contribution is -2.18. The minimum Gasteiger partial charge on any atom is -0.451 e. The molecular formula is C22H17N3O3. The van der Waals surface area contributed by atoms with E-state index in [2.05, 4.69) is 15.2 Å². The van der Waals surface area contributed by atoms with Gasteiger partial charge in [0, 0.05) is 11.6 Å². The second-order valence-electron chi connectivity index (χ2n) is 6.26. The molecule has 0 saturated carbocycles. The standard InChI is InChI=1S/C22H17N3O3/c26-20(14-19-16-10-4-5-11-17(16)22(27)25-24-19)28-21(15-8-2-1-3-9-15)18-12-6-7-13-23-18/h1-13,21H,14H2,(H,25,27). The van der Waals surface area contributed by atoms with Gasteiger partial charge in [-0.3, -0.25) is 14.6 Å². The van der Waals surface area contributed by atoms with Gasteiger partial charge in [-0.15, -0.1) is 0 Å². The molecule has 6 nitrogen and oxygen atoms in total. The van der Waals surface area contributed by atoms with Crippen molar-refractivity contribution in [1.29, 1.82) is 0 Å². The van der Waals surface area contributed by atoms with Gasteiger partial charge >= 0.3 is 5.97 Å². The lowest BCUT2D eigenvalue weighted by atomic mass is 10.1. The van der Waals surface area contributed by atoms with Crippen LogP contribution in [0.2, 0.25) is 0 Å². The molecule has 1 atom stereocenters. The molecule has 0 amide bonds. The van der Waals surface area contributed by atoms with Crippen LogP contribution in [0.1, 0.15) is 23.1 Å². The summed E-state index contributed by atoms with van der Waals surface area (Å²) < 4.78 is 5.77. The minimum absolute atomic E-state index is 0.0620. The molecule has 1 unspecified atom stereocenters. The fraction of sp³-hybridized carbons (Fsp3) is 0.0909. The molecule has 2 heterocycles. The average Bonchev–Trinajstić information content (AvgIpc) is 2.75.